The third-order valence-corrected chi connectivity index (χ3v) is 5.54. The summed E-state index contributed by atoms with van der Waals surface area (Å²) < 4.78 is 28.2. The Labute approximate surface area is 136 Å². The van der Waals surface area contributed by atoms with Crippen molar-refractivity contribution in [1.29, 1.82) is 0 Å². The molecule has 0 fully saturated rings. The van der Waals surface area contributed by atoms with Crippen LogP contribution in [0.2, 0.25) is 0 Å². The van der Waals surface area contributed by atoms with Gasteiger partial charge in [0.2, 0.25) is 10.0 Å². The third-order valence-electron chi connectivity index (χ3n) is 3.02. The summed E-state index contributed by atoms with van der Waals surface area (Å²) in [4.78, 5) is 0.303. The normalized spacial score (nSPS) is 12.8. The molecule has 1 unspecified atom stereocenters. The van der Waals surface area contributed by atoms with Crippen LogP contribution in [0.4, 0.5) is 0 Å². The molecule has 116 valence electrons. The van der Waals surface area contributed by atoms with Crippen LogP contribution in [0.15, 0.2) is 27.6 Å². The van der Waals surface area contributed by atoms with Crippen LogP contribution in [0.25, 0.3) is 0 Å². The molecule has 0 heterocycles. The Hall–Kier alpha value is -0.140. The minimum Gasteiger partial charge on any atom is -0.329 e. The molecule has 7 heteroatoms. The van der Waals surface area contributed by atoms with Gasteiger partial charge in [-0.3, -0.25) is 0 Å². The average molecular weight is 386 g/mol. The highest BCUT2D eigenvalue weighted by molar-refractivity contribution is 9.10. The molecule has 0 aliphatic heterocycles. The number of unbranched alkanes of at least 4 members (excludes halogenated alkanes) is 1. The van der Waals surface area contributed by atoms with Crippen LogP contribution >= 0.6 is 28.3 Å². The SMILES string of the molecule is CCCCC(CN)NS(=O)(=O)c1cccc(Br)c1C.Cl. The standard InChI is InChI=1S/C13H21BrN2O2S.ClH/c1-3-4-6-11(9-15)16-19(17,18)13-8-5-7-12(14)10(13)2;/h5,7-8,11,16H,3-4,6,9,15H2,1-2H3;1H. The van der Waals surface area contributed by atoms with E-state index in [2.05, 4.69) is 27.6 Å². The largest absolute Gasteiger partial charge is 0.329 e. The highest BCUT2D eigenvalue weighted by atomic mass is 79.9. The zero-order chi connectivity index (χ0) is 14.5. The van der Waals surface area contributed by atoms with Gasteiger partial charge in [0, 0.05) is 17.1 Å². The van der Waals surface area contributed by atoms with Gasteiger partial charge in [-0.2, -0.15) is 0 Å². The van der Waals surface area contributed by atoms with E-state index in [1.54, 1.807) is 19.1 Å². The van der Waals surface area contributed by atoms with Gasteiger partial charge in [-0.25, -0.2) is 13.1 Å². The van der Waals surface area contributed by atoms with Crippen molar-refractivity contribution in [3.05, 3.63) is 28.2 Å². The fraction of sp³-hybridized carbons (Fsp3) is 0.538. The second-order valence-electron chi connectivity index (χ2n) is 4.56. The molecule has 0 aliphatic rings. The monoisotopic (exact) mass is 384 g/mol. The predicted octanol–water partition coefficient (Wildman–Crippen LogP) is 2.98. The van der Waals surface area contributed by atoms with Gasteiger partial charge in [0.05, 0.1) is 4.90 Å². The lowest BCUT2D eigenvalue weighted by molar-refractivity contribution is 0.516. The van der Waals surface area contributed by atoms with E-state index in [9.17, 15) is 8.42 Å². The van der Waals surface area contributed by atoms with Crippen LogP contribution in [0, 0.1) is 6.92 Å². The van der Waals surface area contributed by atoms with Crippen molar-refractivity contribution in [1.82, 2.24) is 4.72 Å². The number of nitrogens with two attached hydrogens (primary N) is 1. The minimum absolute atomic E-state index is 0. The molecule has 0 bridgehead atoms. The van der Waals surface area contributed by atoms with E-state index in [0.29, 0.717) is 17.0 Å². The highest BCUT2D eigenvalue weighted by Gasteiger charge is 2.21. The molecule has 0 amide bonds. The predicted molar refractivity (Wildman–Crippen MR) is 88.8 cm³/mol. The molecular weight excluding hydrogens is 364 g/mol. The number of benzene rings is 1. The van der Waals surface area contributed by atoms with E-state index in [1.165, 1.54) is 0 Å². The Bertz CT molecular complexity index is 523. The van der Waals surface area contributed by atoms with E-state index in [1.807, 2.05) is 6.07 Å². The first-order chi connectivity index (χ1) is 8.92. The number of nitrogens with one attached hydrogen (secondary N) is 1. The van der Waals surface area contributed by atoms with E-state index < -0.39 is 10.0 Å². The average Bonchev–Trinajstić information content (AvgIpc) is 2.37. The second-order valence-corrected chi connectivity index (χ2v) is 7.10. The van der Waals surface area contributed by atoms with E-state index in [0.717, 1.165) is 23.7 Å². The van der Waals surface area contributed by atoms with Gasteiger partial charge in [0.25, 0.3) is 0 Å². The summed E-state index contributed by atoms with van der Waals surface area (Å²) in [5.41, 5.74) is 6.34. The molecule has 0 radical (unpaired) electrons. The Balaban J connectivity index is 0.00000361. The van der Waals surface area contributed by atoms with Gasteiger partial charge < -0.3 is 5.73 Å². The molecule has 1 aromatic rings. The van der Waals surface area contributed by atoms with E-state index in [4.69, 9.17) is 5.73 Å². The molecule has 4 nitrogen and oxygen atoms in total. The lowest BCUT2D eigenvalue weighted by Crippen LogP contribution is -2.40. The lowest BCUT2D eigenvalue weighted by Gasteiger charge is -2.18. The molecule has 3 N–H and O–H groups in total. The number of rotatable bonds is 7. The molecule has 0 spiro atoms. The summed E-state index contributed by atoms with van der Waals surface area (Å²) in [6.45, 7) is 4.16. The van der Waals surface area contributed by atoms with Crippen molar-refractivity contribution < 1.29 is 8.42 Å². The molecule has 20 heavy (non-hydrogen) atoms. The zero-order valence-corrected chi connectivity index (χ0v) is 14.9. The van der Waals surface area contributed by atoms with E-state index >= 15 is 0 Å². The van der Waals surface area contributed by atoms with Crippen molar-refractivity contribution in [2.24, 2.45) is 5.73 Å². The summed E-state index contributed by atoms with van der Waals surface area (Å²) in [6.07, 6.45) is 2.75. The third kappa shape index (κ3) is 5.33. The first-order valence-electron chi connectivity index (χ1n) is 6.40. The molecule has 0 saturated carbocycles. The van der Waals surface area contributed by atoms with Crippen molar-refractivity contribution >= 4 is 38.4 Å². The van der Waals surface area contributed by atoms with Crippen LogP contribution < -0.4 is 10.5 Å². The molecule has 1 rings (SSSR count). The van der Waals surface area contributed by atoms with Crippen molar-refractivity contribution in [3.63, 3.8) is 0 Å². The van der Waals surface area contributed by atoms with Crippen LogP contribution in [0.1, 0.15) is 31.7 Å². The molecular formula is C13H22BrClN2O2S. The van der Waals surface area contributed by atoms with Gasteiger partial charge in [0.1, 0.15) is 0 Å². The van der Waals surface area contributed by atoms with Gasteiger partial charge in [0.15, 0.2) is 0 Å². The van der Waals surface area contributed by atoms with Gasteiger partial charge >= 0.3 is 0 Å². The fourth-order valence-electron chi connectivity index (χ4n) is 1.84. The summed E-state index contributed by atoms with van der Waals surface area (Å²) in [5.74, 6) is 0. The van der Waals surface area contributed by atoms with Gasteiger partial charge in [-0.1, -0.05) is 41.8 Å². The number of hydrogen-bond donors (Lipinski definition) is 2. The minimum atomic E-state index is -3.52. The Kier molecular flexibility index (Phi) is 8.93. The van der Waals surface area contributed by atoms with Crippen LogP contribution in [-0.4, -0.2) is 21.0 Å². The maximum atomic E-state index is 12.4. The van der Waals surface area contributed by atoms with Gasteiger partial charge in [-0.05, 0) is 31.0 Å². The number of hydrogen-bond acceptors (Lipinski definition) is 3. The fourth-order valence-corrected chi connectivity index (χ4v) is 3.89. The lowest BCUT2D eigenvalue weighted by atomic mass is 10.1. The van der Waals surface area contributed by atoms with E-state index in [-0.39, 0.29) is 18.4 Å². The van der Waals surface area contributed by atoms with Crippen molar-refractivity contribution in [3.8, 4) is 0 Å². The quantitative estimate of drug-likeness (QED) is 0.758. The topological polar surface area (TPSA) is 72.2 Å². The maximum absolute atomic E-state index is 12.4. The summed E-state index contributed by atoms with van der Waals surface area (Å²) in [7, 11) is -3.52. The first-order valence-corrected chi connectivity index (χ1v) is 8.67. The summed E-state index contributed by atoms with van der Waals surface area (Å²) >= 11 is 3.35. The van der Waals surface area contributed by atoms with Crippen LogP contribution in [0.5, 0.6) is 0 Å². The first kappa shape index (κ1) is 19.9. The maximum Gasteiger partial charge on any atom is 0.241 e. The number of halogens is 2. The Morgan fingerprint density at radius 2 is 2.05 bits per heavy atom. The molecule has 0 saturated heterocycles. The second kappa shape index (κ2) is 9.00. The van der Waals surface area contributed by atoms with Crippen molar-refractivity contribution in [2.45, 2.75) is 44.0 Å². The Morgan fingerprint density at radius 3 is 2.60 bits per heavy atom. The summed E-state index contributed by atoms with van der Waals surface area (Å²) in [5, 5.41) is 0. The van der Waals surface area contributed by atoms with Gasteiger partial charge in [-0.15, -0.1) is 12.4 Å². The van der Waals surface area contributed by atoms with Crippen LogP contribution in [-0.2, 0) is 10.0 Å². The smallest absolute Gasteiger partial charge is 0.241 e. The van der Waals surface area contributed by atoms with Crippen LogP contribution in [0.3, 0.4) is 0 Å². The Morgan fingerprint density at radius 1 is 1.40 bits per heavy atom. The van der Waals surface area contributed by atoms with Crippen molar-refractivity contribution in [2.75, 3.05) is 6.54 Å². The number of sulfonamides is 1. The molecule has 0 aromatic heterocycles. The zero-order valence-electron chi connectivity index (χ0n) is 11.7. The summed E-state index contributed by atoms with van der Waals surface area (Å²) in [6, 6.07) is 4.94. The molecule has 1 aromatic carbocycles. The molecule has 1 atom stereocenters. The molecule has 0 aliphatic carbocycles. The highest BCUT2D eigenvalue weighted by Crippen LogP contribution is 2.23.